The largest absolute Gasteiger partial charge is 0.502 e. The number of aliphatic hydroxyl groups is 1. The molecule has 0 aliphatic heterocycles. The van der Waals surface area contributed by atoms with Crippen LogP contribution >= 0.6 is 12.2 Å². The van der Waals surface area contributed by atoms with Gasteiger partial charge >= 0.3 is 0 Å². The number of rotatable bonds is 6. The van der Waals surface area contributed by atoms with Crippen molar-refractivity contribution in [1.82, 2.24) is 0 Å². The first-order chi connectivity index (χ1) is 14.4. The van der Waals surface area contributed by atoms with E-state index in [0.717, 1.165) is 5.69 Å². The maximum absolute atomic E-state index is 11.0. The Bertz CT molecular complexity index is 1080. The van der Waals surface area contributed by atoms with Crippen LogP contribution in [0.15, 0.2) is 79.1 Å². The van der Waals surface area contributed by atoms with Crippen LogP contribution in [0.3, 0.4) is 0 Å². The molecule has 0 saturated heterocycles. The van der Waals surface area contributed by atoms with Crippen molar-refractivity contribution >= 4 is 40.0 Å². The van der Waals surface area contributed by atoms with E-state index < -0.39 is 4.92 Å². The summed E-state index contributed by atoms with van der Waals surface area (Å²) in [6.07, 6.45) is 3.54. The third-order valence-electron chi connectivity index (χ3n) is 4.60. The van der Waals surface area contributed by atoms with E-state index in [1.807, 2.05) is 42.5 Å². The van der Waals surface area contributed by atoms with Gasteiger partial charge in [-0.15, -0.1) is 0 Å². The Kier molecular flexibility index (Phi) is 6.54. The smallest absolute Gasteiger partial charge is 0.288 e. The second-order valence-corrected chi connectivity index (χ2v) is 7.42. The van der Waals surface area contributed by atoms with Crippen molar-refractivity contribution in [1.29, 1.82) is 0 Å². The van der Waals surface area contributed by atoms with Gasteiger partial charge in [-0.1, -0.05) is 44.3 Å². The molecule has 0 aliphatic carbocycles. The molecule has 0 bridgehead atoms. The third-order valence-corrected chi connectivity index (χ3v) is 4.90. The van der Waals surface area contributed by atoms with Crippen LogP contribution in [0.5, 0.6) is 0 Å². The molecule has 0 saturated carbocycles. The van der Waals surface area contributed by atoms with Crippen LogP contribution in [0.2, 0.25) is 0 Å². The fourth-order valence-electron chi connectivity index (χ4n) is 2.91. The van der Waals surface area contributed by atoms with Gasteiger partial charge in [-0.2, -0.15) is 4.57 Å². The molecule has 0 fully saturated rings. The predicted molar refractivity (Wildman–Crippen MR) is 122 cm³/mol. The van der Waals surface area contributed by atoms with Crippen LogP contribution in [0, 0.1) is 10.1 Å². The van der Waals surface area contributed by atoms with E-state index in [9.17, 15) is 15.2 Å². The molecule has 6 nitrogen and oxygen atoms in total. The Morgan fingerprint density at radius 3 is 2.17 bits per heavy atom. The van der Waals surface area contributed by atoms with Gasteiger partial charge in [0, 0.05) is 35.5 Å². The molecule has 0 unspecified atom stereocenters. The number of hydrogen-bond acceptors (Lipinski definition) is 4. The van der Waals surface area contributed by atoms with Crippen molar-refractivity contribution in [2.75, 3.05) is 5.32 Å². The van der Waals surface area contributed by atoms with Gasteiger partial charge in [0.2, 0.25) is 0 Å². The zero-order valence-electron chi connectivity index (χ0n) is 16.6. The van der Waals surface area contributed by atoms with Crippen molar-refractivity contribution < 1.29 is 14.6 Å². The zero-order chi connectivity index (χ0) is 21.7. The summed E-state index contributed by atoms with van der Waals surface area (Å²) in [5, 5.41) is 25.1. The molecular formula is C23H22N3O3S+. The van der Waals surface area contributed by atoms with Crippen LogP contribution in [0.25, 0.3) is 11.5 Å². The van der Waals surface area contributed by atoms with Gasteiger partial charge in [0.05, 0.1) is 4.92 Å². The predicted octanol–water partition coefficient (Wildman–Crippen LogP) is 5.33. The number of pyridine rings is 1. The van der Waals surface area contributed by atoms with Crippen LogP contribution in [-0.4, -0.2) is 15.0 Å². The molecule has 2 aromatic carbocycles. The van der Waals surface area contributed by atoms with E-state index in [1.54, 1.807) is 17.0 Å². The molecule has 0 radical (unpaired) electrons. The molecule has 30 heavy (non-hydrogen) atoms. The van der Waals surface area contributed by atoms with Crippen LogP contribution in [-0.2, 0) is 0 Å². The minimum absolute atomic E-state index is 0.0496. The van der Waals surface area contributed by atoms with Crippen molar-refractivity contribution in [3.8, 4) is 0 Å². The standard InChI is InChI=1S/C23H21N3O3S/c1-16(2)17-6-10-19(11-7-17)24-23(30)21(25-14-4-3-5-15-25)22(27)18-8-12-20(13-9-18)26(28)29/h3-16H,1-2H3,(H-,24,27,30)/p+1. The van der Waals surface area contributed by atoms with Gasteiger partial charge in [0.1, 0.15) is 0 Å². The number of aliphatic hydroxyl groups excluding tert-OH is 1. The molecule has 0 atom stereocenters. The van der Waals surface area contributed by atoms with E-state index >= 15 is 0 Å². The maximum Gasteiger partial charge on any atom is 0.288 e. The Balaban J connectivity index is 1.98. The van der Waals surface area contributed by atoms with Crippen molar-refractivity contribution in [3.63, 3.8) is 0 Å². The van der Waals surface area contributed by atoms with Gasteiger partial charge in [0.25, 0.3) is 11.4 Å². The van der Waals surface area contributed by atoms with Crippen molar-refractivity contribution in [3.05, 3.63) is 100 Å². The van der Waals surface area contributed by atoms with Crippen LogP contribution in [0.1, 0.15) is 30.9 Å². The normalized spacial score (nSPS) is 11.7. The first kappa shape index (κ1) is 21.1. The summed E-state index contributed by atoms with van der Waals surface area (Å²) >= 11 is 5.61. The summed E-state index contributed by atoms with van der Waals surface area (Å²) in [4.78, 5) is 10.7. The second-order valence-electron chi connectivity index (χ2n) is 7.01. The lowest BCUT2D eigenvalue weighted by molar-refractivity contribution is -0.575. The first-order valence-electron chi connectivity index (χ1n) is 9.43. The molecule has 2 N–H and O–H groups in total. The Labute approximate surface area is 180 Å². The molecule has 0 aliphatic rings. The Morgan fingerprint density at radius 2 is 1.63 bits per heavy atom. The number of benzene rings is 2. The molecule has 1 heterocycles. The molecule has 0 spiro atoms. The third kappa shape index (κ3) is 4.87. The van der Waals surface area contributed by atoms with Gasteiger partial charge in [-0.05, 0) is 35.7 Å². The number of anilines is 1. The minimum Gasteiger partial charge on any atom is -0.502 e. The van der Waals surface area contributed by atoms with Gasteiger partial charge in [-0.25, -0.2) is 0 Å². The van der Waals surface area contributed by atoms with Gasteiger partial charge in [0.15, 0.2) is 23.1 Å². The van der Waals surface area contributed by atoms with E-state index in [2.05, 4.69) is 19.2 Å². The highest BCUT2D eigenvalue weighted by atomic mass is 32.1. The quantitative estimate of drug-likeness (QED) is 0.141. The van der Waals surface area contributed by atoms with E-state index in [4.69, 9.17) is 12.2 Å². The summed E-state index contributed by atoms with van der Waals surface area (Å²) in [6.45, 7) is 4.25. The highest BCUT2D eigenvalue weighted by Crippen LogP contribution is 2.22. The summed E-state index contributed by atoms with van der Waals surface area (Å²) in [6, 6.07) is 19.1. The summed E-state index contributed by atoms with van der Waals surface area (Å²) in [5.41, 5.74) is 2.76. The van der Waals surface area contributed by atoms with Gasteiger partial charge in [-0.3, -0.25) is 10.1 Å². The molecule has 3 aromatic rings. The SMILES string of the molecule is CC(C)c1ccc(NC(=S)/C(=C(/O)c2ccc([N+](=O)[O-])cc2)[n+]2ccccc2)cc1. The Hall–Kier alpha value is -3.58. The zero-order valence-corrected chi connectivity index (χ0v) is 17.5. The molecule has 0 amide bonds. The Morgan fingerprint density at radius 1 is 1.03 bits per heavy atom. The number of non-ortho nitro benzene ring substituents is 1. The monoisotopic (exact) mass is 420 g/mol. The van der Waals surface area contributed by atoms with E-state index in [0.29, 0.717) is 22.2 Å². The highest BCUT2D eigenvalue weighted by Gasteiger charge is 2.24. The average molecular weight is 421 g/mol. The average Bonchev–Trinajstić information content (AvgIpc) is 2.75. The number of nitrogens with zero attached hydrogens (tertiary/aromatic N) is 2. The lowest BCUT2D eigenvalue weighted by atomic mass is 10.0. The van der Waals surface area contributed by atoms with Gasteiger partial charge < -0.3 is 10.4 Å². The van der Waals surface area contributed by atoms with Crippen molar-refractivity contribution in [2.45, 2.75) is 19.8 Å². The van der Waals surface area contributed by atoms with Crippen molar-refractivity contribution in [2.24, 2.45) is 0 Å². The number of aromatic nitrogens is 1. The van der Waals surface area contributed by atoms with E-state index in [-0.39, 0.29) is 11.4 Å². The fourth-order valence-corrected chi connectivity index (χ4v) is 3.23. The first-order valence-corrected chi connectivity index (χ1v) is 9.83. The van der Waals surface area contributed by atoms with Crippen LogP contribution < -0.4 is 9.88 Å². The number of nitro benzene ring substituents is 1. The topological polar surface area (TPSA) is 79.3 Å². The van der Waals surface area contributed by atoms with Crippen LogP contribution in [0.4, 0.5) is 11.4 Å². The van der Waals surface area contributed by atoms with E-state index in [1.165, 1.54) is 29.8 Å². The second kappa shape index (κ2) is 9.28. The lowest BCUT2D eigenvalue weighted by Gasteiger charge is -2.11. The number of hydrogen-bond donors (Lipinski definition) is 2. The molecular weight excluding hydrogens is 398 g/mol. The number of nitro groups is 1. The summed E-state index contributed by atoms with van der Waals surface area (Å²) in [5.74, 6) is 0.338. The lowest BCUT2D eigenvalue weighted by Crippen LogP contribution is -2.38. The maximum atomic E-state index is 11.0. The molecule has 3 rings (SSSR count). The summed E-state index contributed by atoms with van der Waals surface area (Å²) in [7, 11) is 0. The molecule has 7 heteroatoms. The molecule has 152 valence electrons. The highest BCUT2D eigenvalue weighted by molar-refractivity contribution is 7.81. The molecule has 1 aromatic heterocycles. The number of nitrogens with one attached hydrogen (secondary N) is 1. The number of thiocarbonyl (C=S) groups is 1. The minimum atomic E-state index is -0.482. The fraction of sp³-hybridized carbons (Fsp3) is 0.130. The summed E-state index contributed by atoms with van der Waals surface area (Å²) < 4.78 is 1.70.